The quantitative estimate of drug-likeness (QED) is 0.673. The Labute approximate surface area is 113 Å². The van der Waals surface area contributed by atoms with E-state index in [0.29, 0.717) is 11.6 Å². The molecular weight excluding hydrogens is 294 g/mol. The summed E-state index contributed by atoms with van der Waals surface area (Å²) in [5.74, 6) is 1.08. The van der Waals surface area contributed by atoms with Gasteiger partial charge in [-0.25, -0.2) is 9.97 Å². The van der Waals surface area contributed by atoms with Crippen LogP contribution in [0.15, 0.2) is 35.1 Å². The van der Waals surface area contributed by atoms with Crippen molar-refractivity contribution in [3.8, 4) is 6.19 Å². The molecule has 2 rings (SSSR count). The zero-order chi connectivity index (χ0) is 13.0. The molecule has 0 atom stereocenters. The van der Waals surface area contributed by atoms with Crippen LogP contribution in [-0.2, 0) is 0 Å². The van der Waals surface area contributed by atoms with Crippen LogP contribution in [0.2, 0.25) is 0 Å². The van der Waals surface area contributed by atoms with E-state index < -0.39 is 0 Å². The second-order valence-electron chi connectivity index (χ2n) is 3.61. The van der Waals surface area contributed by atoms with Gasteiger partial charge in [0, 0.05) is 16.2 Å². The standard InChI is InChI=1S/C12H10BrN5/c1-8-2-3-9(4-10(8)13)18-12-5-11(15-6-14)16-7-17-12/h2-5,7H,1H3,(H2,15,16,17,18). The van der Waals surface area contributed by atoms with Gasteiger partial charge in [0.1, 0.15) is 18.0 Å². The molecule has 6 heteroatoms. The molecule has 0 aliphatic carbocycles. The highest BCUT2D eigenvalue weighted by molar-refractivity contribution is 9.10. The summed E-state index contributed by atoms with van der Waals surface area (Å²) in [6, 6.07) is 7.59. The minimum Gasteiger partial charge on any atom is -0.340 e. The largest absolute Gasteiger partial charge is 0.340 e. The van der Waals surface area contributed by atoms with Crippen LogP contribution >= 0.6 is 15.9 Å². The zero-order valence-electron chi connectivity index (χ0n) is 9.61. The van der Waals surface area contributed by atoms with E-state index in [4.69, 9.17) is 5.26 Å². The number of nitrogens with one attached hydrogen (secondary N) is 2. The van der Waals surface area contributed by atoms with Gasteiger partial charge in [-0.15, -0.1) is 0 Å². The smallest absolute Gasteiger partial charge is 0.182 e. The first-order chi connectivity index (χ1) is 8.69. The van der Waals surface area contributed by atoms with Gasteiger partial charge in [-0.05, 0) is 24.6 Å². The number of hydrogen-bond donors (Lipinski definition) is 2. The summed E-state index contributed by atoms with van der Waals surface area (Å²) < 4.78 is 1.02. The maximum Gasteiger partial charge on any atom is 0.182 e. The molecular formula is C12H10BrN5. The van der Waals surface area contributed by atoms with Crippen LogP contribution in [0.4, 0.5) is 17.3 Å². The van der Waals surface area contributed by atoms with Crippen molar-refractivity contribution in [2.24, 2.45) is 0 Å². The molecule has 0 aliphatic rings. The van der Waals surface area contributed by atoms with Crippen LogP contribution in [0.25, 0.3) is 0 Å². The summed E-state index contributed by atoms with van der Waals surface area (Å²) in [6.45, 7) is 2.02. The van der Waals surface area contributed by atoms with Gasteiger partial charge in [0.2, 0.25) is 0 Å². The van der Waals surface area contributed by atoms with E-state index in [1.807, 2.05) is 31.3 Å². The summed E-state index contributed by atoms with van der Waals surface area (Å²) in [5.41, 5.74) is 2.07. The molecule has 0 amide bonds. The number of anilines is 3. The first-order valence-corrected chi connectivity index (χ1v) is 5.98. The highest BCUT2D eigenvalue weighted by Crippen LogP contribution is 2.23. The molecule has 0 saturated carbocycles. The van der Waals surface area contributed by atoms with Crippen molar-refractivity contribution in [3.63, 3.8) is 0 Å². The molecule has 2 N–H and O–H groups in total. The lowest BCUT2D eigenvalue weighted by atomic mass is 10.2. The van der Waals surface area contributed by atoms with Crippen molar-refractivity contribution in [2.45, 2.75) is 6.92 Å². The molecule has 18 heavy (non-hydrogen) atoms. The Morgan fingerprint density at radius 1 is 1.22 bits per heavy atom. The number of hydrogen-bond acceptors (Lipinski definition) is 5. The molecule has 5 nitrogen and oxygen atoms in total. The molecule has 0 radical (unpaired) electrons. The first-order valence-electron chi connectivity index (χ1n) is 5.19. The normalized spacial score (nSPS) is 9.61. The fourth-order valence-electron chi connectivity index (χ4n) is 1.37. The van der Waals surface area contributed by atoms with Gasteiger partial charge in [-0.1, -0.05) is 22.0 Å². The molecule has 0 unspecified atom stereocenters. The Hall–Kier alpha value is -2.13. The third-order valence-electron chi connectivity index (χ3n) is 2.30. The lowest BCUT2D eigenvalue weighted by Crippen LogP contribution is -1.97. The van der Waals surface area contributed by atoms with Gasteiger partial charge in [0.05, 0.1) is 0 Å². The predicted molar refractivity (Wildman–Crippen MR) is 73.4 cm³/mol. The van der Waals surface area contributed by atoms with Crippen molar-refractivity contribution in [3.05, 3.63) is 40.6 Å². The van der Waals surface area contributed by atoms with Gasteiger partial charge >= 0.3 is 0 Å². The van der Waals surface area contributed by atoms with Gasteiger partial charge in [0.15, 0.2) is 6.19 Å². The molecule has 1 aromatic heterocycles. The third-order valence-corrected chi connectivity index (χ3v) is 3.15. The maximum atomic E-state index is 8.52. The Kier molecular flexibility index (Phi) is 3.75. The van der Waals surface area contributed by atoms with Crippen molar-refractivity contribution in [2.75, 3.05) is 10.6 Å². The minimum absolute atomic E-state index is 0.459. The van der Waals surface area contributed by atoms with Crippen LogP contribution in [0.1, 0.15) is 5.56 Å². The van der Waals surface area contributed by atoms with E-state index in [2.05, 4.69) is 36.5 Å². The highest BCUT2D eigenvalue weighted by Gasteiger charge is 2.01. The van der Waals surface area contributed by atoms with E-state index in [1.165, 1.54) is 6.33 Å². The minimum atomic E-state index is 0.459. The third kappa shape index (κ3) is 2.96. The number of nitriles is 1. The van der Waals surface area contributed by atoms with Crippen LogP contribution in [0.3, 0.4) is 0 Å². The Morgan fingerprint density at radius 2 is 2.00 bits per heavy atom. The van der Waals surface area contributed by atoms with Crippen LogP contribution in [0.5, 0.6) is 0 Å². The predicted octanol–water partition coefficient (Wildman–Crippen LogP) is 3.18. The van der Waals surface area contributed by atoms with Gasteiger partial charge < -0.3 is 5.32 Å². The summed E-state index contributed by atoms with van der Waals surface area (Å²) in [6.07, 6.45) is 3.21. The summed E-state index contributed by atoms with van der Waals surface area (Å²) in [4.78, 5) is 7.99. The fourth-order valence-corrected chi connectivity index (χ4v) is 1.75. The van der Waals surface area contributed by atoms with E-state index >= 15 is 0 Å². The first kappa shape index (κ1) is 12.3. The average molecular weight is 304 g/mol. The number of aryl methyl sites for hydroxylation is 1. The van der Waals surface area contributed by atoms with Crippen molar-refractivity contribution < 1.29 is 0 Å². The Morgan fingerprint density at radius 3 is 2.72 bits per heavy atom. The number of aromatic nitrogens is 2. The second-order valence-corrected chi connectivity index (χ2v) is 4.47. The van der Waals surface area contributed by atoms with Crippen LogP contribution < -0.4 is 10.6 Å². The fraction of sp³-hybridized carbons (Fsp3) is 0.0833. The zero-order valence-corrected chi connectivity index (χ0v) is 11.2. The molecule has 2 aromatic rings. The number of halogens is 1. The molecule has 90 valence electrons. The van der Waals surface area contributed by atoms with Gasteiger partial charge in [-0.2, -0.15) is 5.26 Å². The second kappa shape index (κ2) is 5.47. The molecule has 0 spiro atoms. The number of nitrogens with zero attached hydrogens (tertiary/aromatic N) is 3. The van der Waals surface area contributed by atoms with Crippen LogP contribution in [-0.4, -0.2) is 9.97 Å². The molecule has 0 aliphatic heterocycles. The Bertz CT molecular complexity index is 606. The molecule has 0 fully saturated rings. The van der Waals surface area contributed by atoms with Crippen molar-refractivity contribution >= 4 is 33.3 Å². The van der Waals surface area contributed by atoms with E-state index in [-0.39, 0.29) is 0 Å². The summed E-state index contributed by atoms with van der Waals surface area (Å²) in [7, 11) is 0. The summed E-state index contributed by atoms with van der Waals surface area (Å²) in [5, 5.41) is 14.1. The molecule has 1 heterocycles. The van der Waals surface area contributed by atoms with E-state index in [9.17, 15) is 0 Å². The average Bonchev–Trinajstić information content (AvgIpc) is 2.35. The molecule has 0 saturated heterocycles. The SMILES string of the molecule is Cc1ccc(Nc2cc(NC#N)ncn2)cc1Br. The maximum absolute atomic E-state index is 8.52. The summed E-state index contributed by atoms with van der Waals surface area (Å²) >= 11 is 3.47. The van der Waals surface area contributed by atoms with Crippen molar-refractivity contribution in [1.29, 1.82) is 5.26 Å². The van der Waals surface area contributed by atoms with Crippen LogP contribution in [0, 0.1) is 18.4 Å². The molecule has 0 bridgehead atoms. The highest BCUT2D eigenvalue weighted by atomic mass is 79.9. The monoisotopic (exact) mass is 303 g/mol. The molecule has 1 aromatic carbocycles. The number of rotatable bonds is 3. The van der Waals surface area contributed by atoms with Crippen molar-refractivity contribution in [1.82, 2.24) is 9.97 Å². The van der Waals surface area contributed by atoms with Gasteiger partial charge in [0.25, 0.3) is 0 Å². The number of benzene rings is 1. The topological polar surface area (TPSA) is 73.6 Å². The van der Waals surface area contributed by atoms with Gasteiger partial charge in [-0.3, -0.25) is 5.32 Å². The lowest BCUT2D eigenvalue weighted by molar-refractivity contribution is 1.17. The lowest BCUT2D eigenvalue weighted by Gasteiger charge is -2.07. The van der Waals surface area contributed by atoms with E-state index in [1.54, 1.807) is 6.07 Å². The Balaban J connectivity index is 2.20. The van der Waals surface area contributed by atoms with E-state index in [0.717, 1.165) is 15.7 Å².